The molecule has 2 heterocycles. The fraction of sp³-hybridized carbons (Fsp3) is 0.375. The summed E-state index contributed by atoms with van der Waals surface area (Å²) in [5.74, 6) is 1.67. The van der Waals surface area contributed by atoms with Gasteiger partial charge in [-0.1, -0.05) is 0 Å². The Morgan fingerprint density at radius 2 is 1.95 bits per heavy atom. The lowest BCUT2D eigenvalue weighted by Gasteiger charge is -2.20. The zero-order valence-corrected chi connectivity index (χ0v) is 12.2. The largest absolute Gasteiger partial charge is 0.497 e. The van der Waals surface area contributed by atoms with Crippen molar-refractivity contribution < 1.29 is 4.74 Å². The Balaban J connectivity index is 1.84. The molecule has 3 rings (SSSR count). The first-order valence-corrected chi connectivity index (χ1v) is 7.30. The van der Waals surface area contributed by atoms with Gasteiger partial charge in [0.2, 0.25) is 5.95 Å². The van der Waals surface area contributed by atoms with Crippen molar-refractivity contribution in [2.45, 2.75) is 6.42 Å². The van der Waals surface area contributed by atoms with Crippen LogP contribution in [0.15, 0.2) is 36.5 Å². The maximum Gasteiger partial charge on any atom is 0.225 e. The summed E-state index contributed by atoms with van der Waals surface area (Å²) in [6, 6.07) is 9.89. The van der Waals surface area contributed by atoms with Crippen molar-refractivity contribution in [2.75, 3.05) is 38.2 Å². The molecule has 2 aromatic rings. The number of hydrogen-bond donors (Lipinski definition) is 1. The van der Waals surface area contributed by atoms with E-state index in [1.807, 2.05) is 36.5 Å². The van der Waals surface area contributed by atoms with Crippen LogP contribution in [-0.4, -0.2) is 43.3 Å². The molecule has 0 bridgehead atoms. The highest BCUT2D eigenvalue weighted by atomic mass is 16.5. The van der Waals surface area contributed by atoms with Crippen molar-refractivity contribution in [1.82, 2.24) is 15.3 Å². The molecule has 110 valence electrons. The van der Waals surface area contributed by atoms with Crippen molar-refractivity contribution in [2.24, 2.45) is 0 Å². The molecular weight excluding hydrogens is 264 g/mol. The van der Waals surface area contributed by atoms with Crippen molar-refractivity contribution in [3.05, 3.63) is 36.5 Å². The van der Waals surface area contributed by atoms with Gasteiger partial charge in [-0.15, -0.1) is 0 Å². The average molecular weight is 284 g/mol. The van der Waals surface area contributed by atoms with Crippen LogP contribution in [0.1, 0.15) is 6.42 Å². The molecule has 0 saturated carbocycles. The van der Waals surface area contributed by atoms with Gasteiger partial charge in [0, 0.05) is 31.4 Å². The lowest BCUT2D eigenvalue weighted by Crippen LogP contribution is -2.29. The number of nitrogens with one attached hydrogen (secondary N) is 1. The molecular formula is C16H20N4O. The van der Waals surface area contributed by atoms with Crippen molar-refractivity contribution in [3.8, 4) is 17.0 Å². The third-order valence-corrected chi connectivity index (χ3v) is 3.65. The summed E-state index contributed by atoms with van der Waals surface area (Å²) in [7, 11) is 1.67. The van der Waals surface area contributed by atoms with Gasteiger partial charge in [0.15, 0.2) is 0 Å². The Morgan fingerprint density at radius 3 is 2.76 bits per heavy atom. The molecule has 1 aliphatic rings. The highest BCUT2D eigenvalue weighted by molar-refractivity contribution is 5.61. The second kappa shape index (κ2) is 6.54. The SMILES string of the molecule is COc1ccc(-c2ccnc(N3CCCNCC3)n2)cc1. The number of hydrogen-bond acceptors (Lipinski definition) is 5. The molecule has 0 radical (unpaired) electrons. The first-order chi connectivity index (χ1) is 10.4. The van der Waals surface area contributed by atoms with E-state index in [-0.39, 0.29) is 0 Å². The minimum absolute atomic E-state index is 0.812. The molecule has 0 aliphatic carbocycles. The van der Waals surface area contributed by atoms with Gasteiger partial charge in [0.25, 0.3) is 0 Å². The second-order valence-corrected chi connectivity index (χ2v) is 5.06. The summed E-state index contributed by atoms with van der Waals surface area (Å²) in [5, 5.41) is 3.39. The first-order valence-electron chi connectivity index (χ1n) is 7.30. The third kappa shape index (κ3) is 3.31. The summed E-state index contributed by atoms with van der Waals surface area (Å²) >= 11 is 0. The van der Waals surface area contributed by atoms with E-state index >= 15 is 0 Å². The fourth-order valence-electron chi connectivity index (χ4n) is 2.47. The van der Waals surface area contributed by atoms with Crippen LogP contribution in [0.3, 0.4) is 0 Å². The normalized spacial score (nSPS) is 15.6. The Bertz CT molecular complexity index is 577. The standard InChI is InChI=1S/C16H20N4O/c1-21-14-5-3-13(4-6-14)15-7-9-18-16(19-15)20-11-2-8-17-10-12-20/h3-7,9,17H,2,8,10-12H2,1H3. The highest BCUT2D eigenvalue weighted by Gasteiger charge is 2.12. The van der Waals surface area contributed by atoms with E-state index in [4.69, 9.17) is 9.72 Å². The van der Waals surface area contributed by atoms with Gasteiger partial charge in [-0.05, 0) is 43.3 Å². The summed E-state index contributed by atoms with van der Waals surface area (Å²) in [6.07, 6.45) is 2.95. The second-order valence-electron chi connectivity index (χ2n) is 5.06. The maximum atomic E-state index is 5.19. The van der Waals surface area contributed by atoms with E-state index in [0.29, 0.717) is 0 Å². The van der Waals surface area contributed by atoms with Crippen LogP contribution in [0.4, 0.5) is 5.95 Å². The number of aromatic nitrogens is 2. The van der Waals surface area contributed by atoms with Gasteiger partial charge in [0.05, 0.1) is 12.8 Å². The third-order valence-electron chi connectivity index (χ3n) is 3.65. The van der Waals surface area contributed by atoms with Crippen LogP contribution in [0.2, 0.25) is 0 Å². The molecule has 0 atom stereocenters. The molecule has 1 aromatic heterocycles. The van der Waals surface area contributed by atoms with Crippen LogP contribution in [0, 0.1) is 0 Å². The topological polar surface area (TPSA) is 50.3 Å². The predicted octanol–water partition coefficient (Wildman–Crippen LogP) is 1.95. The predicted molar refractivity (Wildman–Crippen MR) is 83.7 cm³/mol. The summed E-state index contributed by atoms with van der Waals surface area (Å²) < 4.78 is 5.19. The Kier molecular flexibility index (Phi) is 4.31. The van der Waals surface area contributed by atoms with E-state index in [2.05, 4.69) is 15.2 Å². The molecule has 1 aromatic carbocycles. The summed E-state index contributed by atoms with van der Waals surface area (Å²) in [5.41, 5.74) is 2.02. The van der Waals surface area contributed by atoms with E-state index in [1.165, 1.54) is 0 Å². The zero-order valence-electron chi connectivity index (χ0n) is 12.2. The van der Waals surface area contributed by atoms with Crippen LogP contribution >= 0.6 is 0 Å². The van der Waals surface area contributed by atoms with Crippen LogP contribution in [0.25, 0.3) is 11.3 Å². The van der Waals surface area contributed by atoms with Crippen LogP contribution in [0.5, 0.6) is 5.75 Å². The Labute approximate surface area is 125 Å². The van der Waals surface area contributed by atoms with Gasteiger partial charge in [-0.2, -0.15) is 0 Å². The van der Waals surface area contributed by atoms with Gasteiger partial charge in [-0.3, -0.25) is 0 Å². The Morgan fingerprint density at radius 1 is 1.10 bits per heavy atom. The molecule has 0 spiro atoms. The summed E-state index contributed by atoms with van der Waals surface area (Å²) in [4.78, 5) is 11.4. The minimum Gasteiger partial charge on any atom is -0.497 e. The van der Waals surface area contributed by atoms with Crippen molar-refractivity contribution >= 4 is 5.95 Å². The Hall–Kier alpha value is -2.14. The van der Waals surface area contributed by atoms with Gasteiger partial charge >= 0.3 is 0 Å². The first kappa shape index (κ1) is 13.8. The molecule has 1 aliphatic heterocycles. The van der Waals surface area contributed by atoms with E-state index < -0.39 is 0 Å². The number of methoxy groups -OCH3 is 1. The molecule has 0 unspecified atom stereocenters. The highest BCUT2D eigenvalue weighted by Crippen LogP contribution is 2.22. The number of nitrogens with zero attached hydrogens (tertiary/aromatic N) is 3. The number of ether oxygens (including phenoxy) is 1. The van der Waals surface area contributed by atoms with Crippen molar-refractivity contribution in [1.29, 1.82) is 0 Å². The lowest BCUT2D eigenvalue weighted by molar-refractivity contribution is 0.415. The van der Waals surface area contributed by atoms with E-state index in [0.717, 1.165) is 55.6 Å². The average Bonchev–Trinajstić information content (AvgIpc) is 2.84. The molecule has 1 N–H and O–H groups in total. The van der Waals surface area contributed by atoms with E-state index in [9.17, 15) is 0 Å². The van der Waals surface area contributed by atoms with Crippen molar-refractivity contribution in [3.63, 3.8) is 0 Å². The molecule has 1 fully saturated rings. The molecule has 5 nitrogen and oxygen atoms in total. The molecule has 1 saturated heterocycles. The summed E-state index contributed by atoms with van der Waals surface area (Å²) in [6.45, 7) is 4.00. The van der Waals surface area contributed by atoms with Crippen LogP contribution in [-0.2, 0) is 0 Å². The quantitative estimate of drug-likeness (QED) is 0.933. The number of benzene rings is 1. The number of rotatable bonds is 3. The molecule has 5 heteroatoms. The van der Waals surface area contributed by atoms with Gasteiger partial charge < -0.3 is 15.0 Å². The van der Waals surface area contributed by atoms with Crippen LogP contribution < -0.4 is 15.0 Å². The maximum absolute atomic E-state index is 5.19. The fourth-order valence-corrected chi connectivity index (χ4v) is 2.47. The van der Waals surface area contributed by atoms with E-state index in [1.54, 1.807) is 7.11 Å². The monoisotopic (exact) mass is 284 g/mol. The lowest BCUT2D eigenvalue weighted by atomic mass is 10.1. The smallest absolute Gasteiger partial charge is 0.225 e. The zero-order chi connectivity index (χ0) is 14.5. The number of anilines is 1. The minimum atomic E-state index is 0.812. The molecule has 0 amide bonds. The van der Waals surface area contributed by atoms with Gasteiger partial charge in [-0.25, -0.2) is 9.97 Å². The van der Waals surface area contributed by atoms with Gasteiger partial charge in [0.1, 0.15) is 5.75 Å². The molecule has 21 heavy (non-hydrogen) atoms.